The van der Waals surface area contributed by atoms with Gasteiger partial charge in [-0.15, -0.1) is 17.3 Å². The molecule has 0 bridgehead atoms. The fraction of sp³-hybridized carbons (Fsp3) is 0.464. The molecule has 0 amide bonds. The number of carbonyl (C=O) groups excluding carboxylic acids is 1. The van der Waals surface area contributed by atoms with Crippen molar-refractivity contribution in [3.05, 3.63) is 49.1 Å². The Morgan fingerprint density at radius 1 is 1.24 bits per heavy atom. The smallest absolute Gasteiger partial charge is 0.332 e. The summed E-state index contributed by atoms with van der Waals surface area (Å²) in [6, 6.07) is 5.38. The number of ether oxygens (including phenoxy) is 1. The summed E-state index contributed by atoms with van der Waals surface area (Å²) in [5.74, 6) is 5.29. The van der Waals surface area contributed by atoms with Gasteiger partial charge in [0.05, 0.1) is 35.4 Å². The Kier molecular flexibility index (Phi) is 7.72. The molecule has 1 aliphatic rings. The zero-order valence-corrected chi connectivity index (χ0v) is 25.2. The number of carbonyl (C=O) groups is 1. The lowest BCUT2D eigenvalue weighted by Gasteiger charge is -2.39. The molecular formula is C28H32ClN7O4S. The van der Waals surface area contributed by atoms with Gasteiger partial charge in [0.2, 0.25) is 5.95 Å². The number of esters is 1. The highest BCUT2D eigenvalue weighted by atomic mass is 35.5. The maximum Gasteiger partial charge on any atom is 0.332 e. The highest BCUT2D eigenvalue weighted by molar-refractivity contribution is 7.18. The van der Waals surface area contributed by atoms with Crippen molar-refractivity contribution in [2.75, 3.05) is 11.4 Å². The molecule has 13 heteroatoms. The minimum atomic E-state index is -0.738. The quantitative estimate of drug-likeness (QED) is 0.274. The van der Waals surface area contributed by atoms with E-state index in [0.717, 1.165) is 9.27 Å². The van der Waals surface area contributed by atoms with Gasteiger partial charge >= 0.3 is 11.7 Å². The van der Waals surface area contributed by atoms with Gasteiger partial charge in [-0.25, -0.2) is 9.78 Å². The van der Waals surface area contributed by atoms with Crippen molar-refractivity contribution in [2.45, 2.75) is 65.4 Å². The lowest BCUT2D eigenvalue weighted by Crippen LogP contribution is -2.55. The van der Waals surface area contributed by atoms with Gasteiger partial charge in [-0.3, -0.25) is 23.3 Å². The fourth-order valence-electron chi connectivity index (χ4n) is 5.06. The fourth-order valence-corrected chi connectivity index (χ4v) is 6.17. The molecule has 11 nitrogen and oxygen atoms in total. The first-order chi connectivity index (χ1) is 19.4. The zero-order valence-electron chi connectivity index (χ0n) is 23.6. The molecule has 4 aromatic rings. The summed E-state index contributed by atoms with van der Waals surface area (Å²) in [5, 5.41) is 1.15. The van der Waals surface area contributed by atoms with E-state index in [1.54, 1.807) is 35.6 Å². The number of nitrogens with zero attached hydrogens (tertiary/aromatic N) is 6. The number of nitrogens with two attached hydrogens (primary N) is 1. The van der Waals surface area contributed by atoms with Crippen molar-refractivity contribution >= 4 is 56.2 Å². The van der Waals surface area contributed by atoms with Crippen molar-refractivity contribution < 1.29 is 9.53 Å². The number of fused-ring (bicyclic) bond motifs is 2. The van der Waals surface area contributed by atoms with Crippen LogP contribution in [0.4, 0.5) is 5.95 Å². The van der Waals surface area contributed by atoms with Crippen LogP contribution in [0.3, 0.4) is 0 Å². The second-order valence-electron chi connectivity index (χ2n) is 11.0. The average Bonchev–Trinajstić information content (AvgIpc) is 3.48. The van der Waals surface area contributed by atoms with Crippen molar-refractivity contribution in [2.24, 2.45) is 18.7 Å². The van der Waals surface area contributed by atoms with E-state index in [1.165, 1.54) is 15.9 Å². The summed E-state index contributed by atoms with van der Waals surface area (Å²) in [4.78, 5) is 51.5. The van der Waals surface area contributed by atoms with Gasteiger partial charge in [-0.2, -0.15) is 4.98 Å². The average molecular weight is 598 g/mol. The van der Waals surface area contributed by atoms with Gasteiger partial charge in [-0.05, 0) is 58.7 Å². The number of imidazole rings is 1. The molecule has 1 aliphatic heterocycles. The Morgan fingerprint density at radius 3 is 2.71 bits per heavy atom. The number of rotatable bonds is 5. The van der Waals surface area contributed by atoms with Crippen LogP contribution in [-0.4, -0.2) is 48.0 Å². The summed E-state index contributed by atoms with van der Waals surface area (Å²) < 4.78 is 10.7. The Labute approximate surface area is 245 Å². The van der Waals surface area contributed by atoms with E-state index < -0.39 is 28.9 Å². The van der Waals surface area contributed by atoms with Crippen molar-refractivity contribution in [3.63, 3.8) is 0 Å². The molecule has 3 aromatic heterocycles. The van der Waals surface area contributed by atoms with Gasteiger partial charge in [0.15, 0.2) is 11.2 Å². The largest absolute Gasteiger partial charge is 0.460 e. The van der Waals surface area contributed by atoms with Gasteiger partial charge < -0.3 is 15.4 Å². The highest BCUT2D eigenvalue weighted by Gasteiger charge is 2.38. The van der Waals surface area contributed by atoms with Crippen LogP contribution >= 0.6 is 22.9 Å². The van der Waals surface area contributed by atoms with E-state index in [4.69, 9.17) is 27.1 Å². The van der Waals surface area contributed by atoms with Crippen LogP contribution in [0.1, 0.15) is 45.5 Å². The van der Waals surface area contributed by atoms with E-state index in [0.29, 0.717) is 40.9 Å². The molecule has 41 heavy (non-hydrogen) atoms. The number of hydrogen-bond acceptors (Lipinski definition) is 9. The number of benzene rings is 1. The molecule has 0 saturated carbocycles. The predicted molar refractivity (Wildman–Crippen MR) is 160 cm³/mol. The molecule has 4 heterocycles. The molecule has 1 saturated heterocycles. The second-order valence-corrected chi connectivity index (χ2v) is 12.6. The van der Waals surface area contributed by atoms with E-state index in [2.05, 4.69) is 16.8 Å². The van der Waals surface area contributed by atoms with Crippen molar-refractivity contribution in [3.8, 4) is 11.8 Å². The molecule has 1 fully saturated rings. The van der Waals surface area contributed by atoms with Crippen LogP contribution in [0.2, 0.25) is 5.02 Å². The van der Waals surface area contributed by atoms with Crippen molar-refractivity contribution in [1.82, 2.24) is 23.7 Å². The monoisotopic (exact) mass is 597 g/mol. The van der Waals surface area contributed by atoms with Crippen LogP contribution in [0.5, 0.6) is 0 Å². The third-order valence-electron chi connectivity index (χ3n) is 6.97. The molecule has 2 atom stereocenters. The number of aryl methyl sites for hydroxylation is 1. The van der Waals surface area contributed by atoms with Gasteiger partial charge in [0.25, 0.3) is 5.56 Å². The standard InChI is InChI=1S/C28H32ClN7O4S/c1-6-7-12-34-21-23(32-26(34)35-13-8-9-17(22(35)30)25(38)40-28(2,3)4)33(5)27(39)36(24(21)37)15-20-31-18-14-16(29)10-11-19(18)41-20/h10-11,14,17,22H,8-9,12-13,15,30H2,1-5H3. The number of anilines is 1. The number of thiazole rings is 1. The summed E-state index contributed by atoms with van der Waals surface area (Å²) in [5.41, 5.74) is 6.11. The first-order valence-corrected chi connectivity index (χ1v) is 14.5. The molecule has 1 aromatic carbocycles. The summed E-state index contributed by atoms with van der Waals surface area (Å²) in [6.07, 6.45) is 0.503. The molecule has 0 radical (unpaired) electrons. The summed E-state index contributed by atoms with van der Waals surface area (Å²) >= 11 is 7.50. The van der Waals surface area contributed by atoms with Crippen LogP contribution in [0.25, 0.3) is 21.4 Å². The van der Waals surface area contributed by atoms with Crippen LogP contribution in [0, 0.1) is 17.8 Å². The summed E-state index contributed by atoms with van der Waals surface area (Å²) in [6.45, 7) is 7.80. The molecule has 0 aliphatic carbocycles. The maximum absolute atomic E-state index is 13.9. The number of halogens is 1. The normalized spacial score (nSPS) is 17.6. The molecule has 0 spiro atoms. The predicted octanol–water partition coefficient (Wildman–Crippen LogP) is 3.07. The summed E-state index contributed by atoms with van der Waals surface area (Å²) in [7, 11) is 1.57. The molecule has 5 rings (SSSR count). The van der Waals surface area contributed by atoms with E-state index in [1.807, 2.05) is 26.8 Å². The lowest BCUT2D eigenvalue weighted by molar-refractivity contribution is -0.161. The lowest BCUT2D eigenvalue weighted by atomic mass is 9.94. The van der Waals surface area contributed by atoms with Crippen LogP contribution < -0.4 is 21.9 Å². The van der Waals surface area contributed by atoms with Crippen LogP contribution in [0.15, 0.2) is 27.8 Å². The van der Waals surface area contributed by atoms with Gasteiger partial charge in [0.1, 0.15) is 10.6 Å². The van der Waals surface area contributed by atoms with E-state index in [9.17, 15) is 14.4 Å². The Balaban J connectivity index is 1.61. The Morgan fingerprint density at radius 2 is 2.00 bits per heavy atom. The highest BCUT2D eigenvalue weighted by Crippen LogP contribution is 2.30. The molecule has 2 unspecified atom stereocenters. The minimum Gasteiger partial charge on any atom is -0.460 e. The molecular weight excluding hydrogens is 566 g/mol. The third-order valence-corrected chi connectivity index (χ3v) is 8.22. The number of aromatic nitrogens is 5. The SMILES string of the molecule is CC#CCn1c(N2CCCC(C(=O)OC(C)(C)C)C2N)nc2c1c(=O)n(Cc1nc3cc(Cl)ccc3s1)c(=O)n2C. The van der Waals surface area contributed by atoms with Gasteiger partial charge in [0, 0.05) is 18.6 Å². The Hall–Kier alpha value is -3.66. The molecule has 2 N–H and O–H groups in total. The zero-order chi connectivity index (χ0) is 29.6. The number of piperidine rings is 1. The maximum atomic E-state index is 13.9. The van der Waals surface area contributed by atoms with Gasteiger partial charge in [-0.1, -0.05) is 17.5 Å². The van der Waals surface area contributed by atoms with Crippen molar-refractivity contribution in [1.29, 1.82) is 0 Å². The van der Waals surface area contributed by atoms with E-state index >= 15 is 0 Å². The Bertz CT molecular complexity index is 1840. The number of hydrogen-bond donors (Lipinski definition) is 1. The minimum absolute atomic E-state index is 0.0116. The van der Waals surface area contributed by atoms with Crippen LogP contribution in [-0.2, 0) is 29.7 Å². The first-order valence-electron chi connectivity index (χ1n) is 13.3. The molecule has 216 valence electrons. The van der Waals surface area contributed by atoms with E-state index in [-0.39, 0.29) is 30.2 Å². The third kappa shape index (κ3) is 5.49. The topological polar surface area (TPSA) is 130 Å². The first kappa shape index (κ1) is 28.9. The second kappa shape index (κ2) is 11.0.